The van der Waals surface area contributed by atoms with E-state index < -0.39 is 0 Å². The summed E-state index contributed by atoms with van der Waals surface area (Å²) in [5, 5.41) is 19.0. The second-order valence-electron chi connectivity index (χ2n) is 6.51. The van der Waals surface area contributed by atoms with Crippen molar-refractivity contribution in [2.75, 3.05) is 13.2 Å². The normalized spacial score (nSPS) is 11.3. The monoisotopic (exact) mass is 331 g/mol. The second-order valence-corrected chi connectivity index (χ2v) is 6.51. The third-order valence-corrected chi connectivity index (χ3v) is 3.75. The highest BCUT2D eigenvalue weighted by Gasteiger charge is 2.15. The maximum Gasteiger partial charge on any atom is 0.315 e. The molecule has 0 aromatic carbocycles. The smallest absolute Gasteiger partial charge is 0.315 e. The van der Waals surface area contributed by atoms with Crippen LogP contribution in [0.2, 0.25) is 0 Å². The van der Waals surface area contributed by atoms with Crippen molar-refractivity contribution in [1.82, 2.24) is 25.4 Å². The lowest BCUT2D eigenvalue weighted by molar-refractivity contribution is 0.148. The first-order chi connectivity index (χ1) is 11.5. The molecule has 0 fully saturated rings. The van der Waals surface area contributed by atoms with Gasteiger partial charge in [-0.05, 0) is 42.0 Å². The Morgan fingerprint density at radius 3 is 2.88 bits per heavy atom. The number of nitrogens with zero attached hydrogens (tertiary/aromatic N) is 3. The lowest BCUT2D eigenvalue weighted by Crippen LogP contribution is -2.36. The first kappa shape index (κ1) is 17.9. The molecule has 2 aromatic heterocycles. The number of rotatable bonds is 8. The number of aromatic nitrogens is 3. The van der Waals surface area contributed by atoms with Gasteiger partial charge in [-0.2, -0.15) is 5.10 Å². The summed E-state index contributed by atoms with van der Waals surface area (Å²) in [4.78, 5) is 16.1. The van der Waals surface area contributed by atoms with E-state index in [0.717, 1.165) is 18.4 Å². The Bertz CT molecular complexity index is 640. The van der Waals surface area contributed by atoms with Crippen LogP contribution in [0, 0.1) is 5.41 Å². The molecular weight excluding hydrogens is 306 g/mol. The van der Waals surface area contributed by atoms with Crippen LogP contribution in [0.3, 0.4) is 0 Å². The van der Waals surface area contributed by atoms with Gasteiger partial charge in [0.05, 0.1) is 0 Å². The second kappa shape index (κ2) is 8.44. The van der Waals surface area contributed by atoms with Crippen molar-refractivity contribution in [3.8, 4) is 5.82 Å². The number of carbonyl (C=O) groups excluding carboxylic acids is 1. The summed E-state index contributed by atoms with van der Waals surface area (Å²) in [6.45, 7) is 5.18. The van der Waals surface area contributed by atoms with Crippen LogP contribution in [0.15, 0.2) is 36.8 Å². The number of aliphatic hydroxyl groups is 1. The van der Waals surface area contributed by atoms with Gasteiger partial charge in [-0.3, -0.25) is 0 Å². The largest absolute Gasteiger partial charge is 0.396 e. The van der Waals surface area contributed by atoms with Gasteiger partial charge in [-0.25, -0.2) is 14.5 Å². The highest BCUT2D eigenvalue weighted by atomic mass is 16.3. The lowest BCUT2D eigenvalue weighted by Gasteiger charge is -2.21. The fraction of sp³-hybridized carbons (Fsp3) is 0.471. The third kappa shape index (κ3) is 5.66. The Morgan fingerprint density at radius 1 is 1.33 bits per heavy atom. The zero-order chi connectivity index (χ0) is 17.4. The van der Waals surface area contributed by atoms with Crippen molar-refractivity contribution in [3.63, 3.8) is 0 Å². The molecule has 0 radical (unpaired) electrons. The Labute approximate surface area is 142 Å². The topological polar surface area (TPSA) is 92.1 Å². The van der Waals surface area contributed by atoms with Gasteiger partial charge in [0.2, 0.25) is 0 Å². The minimum Gasteiger partial charge on any atom is -0.396 e. The Morgan fingerprint density at radius 2 is 2.17 bits per heavy atom. The van der Waals surface area contributed by atoms with E-state index in [9.17, 15) is 9.90 Å². The van der Waals surface area contributed by atoms with E-state index in [0.29, 0.717) is 18.9 Å². The molecule has 7 heteroatoms. The van der Waals surface area contributed by atoms with E-state index in [4.69, 9.17) is 0 Å². The fourth-order valence-corrected chi connectivity index (χ4v) is 2.19. The molecule has 2 rings (SSSR count). The highest BCUT2D eigenvalue weighted by molar-refractivity contribution is 5.73. The van der Waals surface area contributed by atoms with Crippen LogP contribution in [-0.4, -0.2) is 39.1 Å². The van der Waals surface area contributed by atoms with Crippen LogP contribution in [0.4, 0.5) is 4.79 Å². The minimum absolute atomic E-state index is 0.0991. The summed E-state index contributed by atoms with van der Waals surface area (Å²) in [7, 11) is 0. The van der Waals surface area contributed by atoms with Crippen molar-refractivity contribution < 1.29 is 9.90 Å². The molecule has 2 amide bonds. The highest BCUT2D eigenvalue weighted by Crippen LogP contribution is 2.20. The van der Waals surface area contributed by atoms with Crippen LogP contribution < -0.4 is 10.6 Å². The number of hydrogen-bond acceptors (Lipinski definition) is 4. The first-order valence-corrected chi connectivity index (χ1v) is 8.08. The van der Waals surface area contributed by atoms with Crippen molar-refractivity contribution in [2.45, 2.75) is 33.2 Å². The van der Waals surface area contributed by atoms with Crippen molar-refractivity contribution in [1.29, 1.82) is 0 Å². The number of carbonyl (C=O) groups is 1. The molecule has 0 saturated heterocycles. The third-order valence-electron chi connectivity index (χ3n) is 3.75. The molecule has 0 aliphatic heterocycles. The zero-order valence-corrected chi connectivity index (χ0v) is 14.2. The number of hydrogen-bond donors (Lipinski definition) is 3. The maximum atomic E-state index is 11.8. The number of urea groups is 1. The van der Waals surface area contributed by atoms with Crippen LogP contribution in [-0.2, 0) is 6.54 Å². The molecule has 0 spiro atoms. The molecular formula is C17H25N5O2. The van der Waals surface area contributed by atoms with Crippen LogP contribution in [0.5, 0.6) is 0 Å². The standard InChI is InChI=1S/C17H25N5O2/c1-17(2,13-23)6-3-7-19-16(24)20-12-14-5-9-18-15(11-14)22-10-4-8-21-22/h4-5,8-11,23H,3,6-7,12-13H2,1-2H3,(H2,19,20,24). The predicted octanol–water partition coefficient (Wildman–Crippen LogP) is 1.87. The molecule has 0 saturated carbocycles. The van der Waals surface area contributed by atoms with Crippen molar-refractivity contribution >= 4 is 6.03 Å². The van der Waals surface area contributed by atoms with Gasteiger partial charge < -0.3 is 15.7 Å². The van der Waals surface area contributed by atoms with Crippen molar-refractivity contribution in [2.24, 2.45) is 5.41 Å². The zero-order valence-electron chi connectivity index (χ0n) is 14.2. The summed E-state index contributed by atoms with van der Waals surface area (Å²) in [6.07, 6.45) is 6.90. The molecule has 0 aliphatic carbocycles. The molecule has 7 nitrogen and oxygen atoms in total. The first-order valence-electron chi connectivity index (χ1n) is 8.08. The number of aliphatic hydroxyl groups excluding tert-OH is 1. The average molecular weight is 331 g/mol. The van der Waals surface area contributed by atoms with Gasteiger partial charge in [0.1, 0.15) is 0 Å². The van der Waals surface area contributed by atoms with Gasteiger partial charge in [-0.15, -0.1) is 0 Å². The average Bonchev–Trinajstić information content (AvgIpc) is 3.12. The summed E-state index contributed by atoms with van der Waals surface area (Å²) in [6, 6.07) is 5.38. The molecule has 130 valence electrons. The van der Waals surface area contributed by atoms with Gasteiger partial charge in [0.15, 0.2) is 5.82 Å². The number of nitrogens with one attached hydrogen (secondary N) is 2. The van der Waals surface area contributed by atoms with E-state index in [2.05, 4.69) is 20.7 Å². The van der Waals surface area contributed by atoms with E-state index >= 15 is 0 Å². The molecule has 2 heterocycles. The molecule has 3 N–H and O–H groups in total. The summed E-state index contributed by atoms with van der Waals surface area (Å²) >= 11 is 0. The fourth-order valence-electron chi connectivity index (χ4n) is 2.19. The molecule has 24 heavy (non-hydrogen) atoms. The van der Waals surface area contributed by atoms with E-state index in [1.165, 1.54) is 0 Å². The van der Waals surface area contributed by atoms with Gasteiger partial charge in [-0.1, -0.05) is 13.8 Å². The molecule has 0 aliphatic rings. The molecule has 2 aromatic rings. The molecule has 0 atom stereocenters. The Kier molecular flexibility index (Phi) is 6.31. The van der Waals surface area contributed by atoms with Crippen molar-refractivity contribution in [3.05, 3.63) is 42.4 Å². The molecule has 0 unspecified atom stereocenters. The summed E-state index contributed by atoms with van der Waals surface area (Å²) in [5.74, 6) is 0.714. The van der Waals surface area contributed by atoms with Crippen LogP contribution >= 0.6 is 0 Å². The van der Waals surface area contributed by atoms with E-state index in [-0.39, 0.29) is 18.1 Å². The maximum absolute atomic E-state index is 11.8. The Balaban J connectivity index is 1.73. The predicted molar refractivity (Wildman–Crippen MR) is 91.7 cm³/mol. The lowest BCUT2D eigenvalue weighted by atomic mass is 9.89. The number of pyridine rings is 1. The van der Waals surface area contributed by atoms with Gasteiger partial charge in [0.25, 0.3) is 0 Å². The number of amides is 2. The molecule has 0 bridgehead atoms. The summed E-state index contributed by atoms with van der Waals surface area (Å²) < 4.78 is 1.67. The minimum atomic E-state index is -0.200. The van der Waals surface area contributed by atoms with E-state index in [1.54, 1.807) is 17.1 Å². The van der Waals surface area contributed by atoms with Crippen LogP contribution in [0.1, 0.15) is 32.3 Å². The Hall–Kier alpha value is -2.41. The SMILES string of the molecule is CC(C)(CO)CCCNC(=O)NCc1ccnc(-n2cccn2)c1. The van der Waals surface area contributed by atoms with E-state index in [1.807, 2.05) is 38.2 Å². The van der Waals surface area contributed by atoms with Gasteiger partial charge in [0, 0.05) is 38.3 Å². The quantitative estimate of drug-likeness (QED) is 0.644. The van der Waals surface area contributed by atoms with Gasteiger partial charge >= 0.3 is 6.03 Å². The van der Waals surface area contributed by atoms with Crippen LogP contribution in [0.25, 0.3) is 5.82 Å². The summed E-state index contributed by atoms with van der Waals surface area (Å²) in [5.41, 5.74) is 0.852.